The first-order valence-electron chi connectivity index (χ1n) is 4.91. The van der Waals surface area contributed by atoms with E-state index >= 15 is 0 Å². The molecule has 1 rings (SSSR count). The summed E-state index contributed by atoms with van der Waals surface area (Å²) in [7, 11) is 0. The van der Waals surface area contributed by atoms with Crippen molar-refractivity contribution in [3.05, 3.63) is 28.2 Å². The van der Waals surface area contributed by atoms with Crippen LogP contribution in [0.25, 0.3) is 0 Å². The Labute approximate surface area is 98.4 Å². The molecule has 3 nitrogen and oxygen atoms in total. The van der Waals surface area contributed by atoms with Crippen LogP contribution in [0.15, 0.2) is 22.7 Å². The summed E-state index contributed by atoms with van der Waals surface area (Å²) >= 11 is 3.35. The Balaban J connectivity index is 2.49. The van der Waals surface area contributed by atoms with Crippen molar-refractivity contribution in [3.63, 3.8) is 0 Å². The molecule has 0 aliphatic carbocycles. The SMILES string of the molecule is N#Cc1ccc(NCCCCN)cc1Br. The Kier molecular flexibility index (Phi) is 5.16. The van der Waals surface area contributed by atoms with Gasteiger partial charge in [0.2, 0.25) is 0 Å². The van der Waals surface area contributed by atoms with Gasteiger partial charge in [-0.15, -0.1) is 0 Å². The first kappa shape index (κ1) is 12.0. The van der Waals surface area contributed by atoms with Crippen LogP contribution in [0.4, 0.5) is 5.69 Å². The molecular formula is C11H14BrN3. The summed E-state index contributed by atoms with van der Waals surface area (Å²) < 4.78 is 0.828. The Morgan fingerprint density at radius 1 is 1.40 bits per heavy atom. The van der Waals surface area contributed by atoms with E-state index in [-0.39, 0.29) is 0 Å². The summed E-state index contributed by atoms with van der Waals surface area (Å²) in [6.07, 6.45) is 2.10. The Hall–Kier alpha value is -1.05. The summed E-state index contributed by atoms with van der Waals surface area (Å²) in [5.74, 6) is 0. The molecule has 0 unspecified atom stereocenters. The number of nitrogens with zero attached hydrogens (tertiary/aromatic N) is 1. The normalized spacial score (nSPS) is 9.67. The molecule has 3 N–H and O–H groups in total. The predicted octanol–water partition coefficient (Wildman–Crippen LogP) is 2.47. The molecule has 15 heavy (non-hydrogen) atoms. The largest absolute Gasteiger partial charge is 0.385 e. The van der Waals surface area contributed by atoms with Crippen LogP contribution >= 0.6 is 15.9 Å². The van der Waals surface area contributed by atoms with Gasteiger partial charge in [-0.3, -0.25) is 0 Å². The van der Waals surface area contributed by atoms with Gasteiger partial charge in [0.15, 0.2) is 0 Å². The summed E-state index contributed by atoms with van der Waals surface area (Å²) in [4.78, 5) is 0. The number of nitriles is 1. The number of benzene rings is 1. The lowest BCUT2D eigenvalue weighted by atomic mass is 10.2. The van der Waals surface area contributed by atoms with Gasteiger partial charge in [-0.05, 0) is 53.5 Å². The second-order valence-corrected chi connectivity index (χ2v) is 4.08. The van der Waals surface area contributed by atoms with Crippen LogP contribution in [0, 0.1) is 11.3 Å². The molecule has 0 bridgehead atoms. The maximum atomic E-state index is 8.74. The van der Waals surface area contributed by atoms with Crippen molar-refractivity contribution in [1.29, 1.82) is 5.26 Å². The van der Waals surface area contributed by atoms with E-state index in [1.165, 1.54) is 0 Å². The van der Waals surface area contributed by atoms with Gasteiger partial charge < -0.3 is 11.1 Å². The van der Waals surface area contributed by atoms with Crippen LogP contribution in [-0.4, -0.2) is 13.1 Å². The van der Waals surface area contributed by atoms with Crippen molar-refractivity contribution >= 4 is 21.6 Å². The number of halogens is 1. The number of unbranched alkanes of at least 4 members (excludes halogenated alkanes) is 1. The molecule has 80 valence electrons. The fourth-order valence-electron chi connectivity index (χ4n) is 1.22. The molecule has 0 saturated heterocycles. The molecule has 0 saturated carbocycles. The van der Waals surface area contributed by atoms with Gasteiger partial charge >= 0.3 is 0 Å². The summed E-state index contributed by atoms with van der Waals surface area (Å²) in [6, 6.07) is 7.73. The molecular weight excluding hydrogens is 254 g/mol. The topological polar surface area (TPSA) is 61.8 Å². The first-order valence-corrected chi connectivity index (χ1v) is 5.71. The molecule has 0 amide bonds. The van der Waals surface area contributed by atoms with Crippen molar-refractivity contribution in [2.24, 2.45) is 5.73 Å². The monoisotopic (exact) mass is 267 g/mol. The average Bonchev–Trinajstić information content (AvgIpc) is 2.25. The zero-order valence-electron chi connectivity index (χ0n) is 8.46. The lowest BCUT2D eigenvalue weighted by molar-refractivity contribution is 0.774. The Bertz CT molecular complexity index is 357. The van der Waals surface area contributed by atoms with Gasteiger partial charge in [-0.2, -0.15) is 5.26 Å². The summed E-state index contributed by atoms with van der Waals surface area (Å²) in [5.41, 5.74) is 7.08. The molecule has 0 aliphatic heterocycles. The maximum Gasteiger partial charge on any atom is 0.100 e. The molecule has 0 aromatic heterocycles. The smallest absolute Gasteiger partial charge is 0.100 e. The number of anilines is 1. The van der Waals surface area contributed by atoms with Crippen molar-refractivity contribution in [1.82, 2.24) is 0 Å². The van der Waals surface area contributed by atoms with Gasteiger partial charge in [0, 0.05) is 16.7 Å². The number of nitrogens with one attached hydrogen (secondary N) is 1. The molecule has 0 fully saturated rings. The van der Waals surface area contributed by atoms with Gasteiger partial charge in [-0.1, -0.05) is 0 Å². The van der Waals surface area contributed by atoms with E-state index in [9.17, 15) is 0 Å². The zero-order chi connectivity index (χ0) is 11.1. The van der Waals surface area contributed by atoms with E-state index in [0.29, 0.717) is 5.56 Å². The maximum absolute atomic E-state index is 8.74. The second-order valence-electron chi connectivity index (χ2n) is 3.23. The average molecular weight is 268 g/mol. The van der Waals surface area contributed by atoms with Crippen LogP contribution in [0.5, 0.6) is 0 Å². The number of nitrogens with two attached hydrogens (primary N) is 1. The molecule has 0 aliphatic rings. The zero-order valence-corrected chi connectivity index (χ0v) is 10.0. The third kappa shape index (κ3) is 3.90. The van der Waals surface area contributed by atoms with Gasteiger partial charge in [0.05, 0.1) is 5.56 Å². The molecule has 4 heteroatoms. The van der Waals surface area contributed by atoms with Crippen molar-refractivity contribution in [3.8, 4) is 6.07 Å². The Morgan fingerprint density at radius 2 is 2.20 bits per heavy atom. The standard InChI is InChI=1S/C11H14BrN3/c12-11-7-10(4-3-9(11)8-14)15-6-2-1-5-13/h3-4,7,15H,1-2,5-6,13H2. The number of rotatable bonds is 5. The lowest BCUT2D eigenvalue weighted by Crippen LogP contribution is -2.05. The van der Waals surface area contributed by atoms with Crippen molar-refractivity contribution < 1.29 is 0 Å². The van der Waals surface area contributed by atoms with E-state index in [1.807, 2.05) is 12.1 Å². The molecule has 0 radical (unpaired) electrons. The fraction of sp³-hybridized carbons (Fsp3) is 0.364. The minimum absolute atomic E-state index is 0.655. The molecule has 1 aromatic rings. The second kappa shape index (κ2) is 6.44. The van der Waals surface area contributed by atoms with E-state index in [4.69, 9.17) is 11.0 Å². The highest BCUT2D eigenvalue weighted by Crippen LogP contribution is 2.20. The highest BCUT2D eigenvalue weighted by molar-refractivity contribution is 9.10. The van der Waals surface area contributed by atoms with E-state index in [2.05, 4.69) is 27.3 Å². The molecule has 1 aromatic carbocycles. The van der Waals surface area contributed by atoms with E-state index < -0.39 is 0 Å². The van der Waals surface area contributed by atoms with E-state index in [1.54, 1.807) is 6.07 Å². The predicted molar refractivity (Wildman–Crippen MR) is 65.6 cm³/mol. The summed E-state index contributed by atoms with van der Waals surface area (Å²) in [6.45, 7) is 1.65. The molecule has 0 heterocycles. The lowest BCUT2D eigenvalue weighted by Gasteiger charge is -2.06. The third-order valence-electron chi connectivity index (χ3n) is 2.05. The number of hydrogen-bond acceptors (Lipinski definition) is 3. The van der Waals surface area contributed by atoms with Crippen molar-refractivity contribution in [2.75, 3.05) is 18.4 Å². The van der Waals surface area contributed by atoms with Crippen molar-refractivity contribution in [2.45, 2.75) is 12.8 Å². The molecule has 0 spiro atoms. The highest BCUT2D eigenvalue weighted by Gasteiger charge is 1.99. The quantitative estimate of drug-likeness (QED) is 0.806. The van der Waals surface area contributed by atoms with Gasteiger partial charge in [0.1, 0.15) is 6.07 Å². The van der Waals surface area contributed by atoms with Gasteiger partial charge in [-0.25, -0.2) is 0 Å². The van der Waals surface area contributed by atoms with Crippen LogP contribution < -0.4 is 11.1 Å². The van der Waals surface area contributed by atoms with Crippen LogP contribution in [0.1, 0.15) is 18.4 Å². The minimum atomic E-state index is 0.655. The van der Waals surface area contributed by atoms with Gasteiger partial charge in [0.25, 0.3) is 0 Å². The molecule has 0 atom stereocenters. The van der Waals surface area contributed by atoms with Crippen LogP contribution in [0.3, 0.4) is 0 Å². The fourth-order valence-corrected chi connectivity index (χ4v) is 1.69. The summed E-state index contributed by atoms with van der Waals surface area (Å²) in [5, 5.41) is 12.0. The third-order valence-corrected chi connectivity index (χ3v) is 2.71. The minimum Gasteiger partial charge on any atom is -0.385 e. The first-order chi connectivity index (χ1) is 7.27. The van der Waals surface area contributed by atoms with Crippen LogP contribution in [0.2, 0.25) is 0 Å². The van der Waals surface area contributed by atoms with Crippen LogP contribution in [-0.2, 0) is 0 Å². The van der Waals surface area contributed by atoms with E-state index in [0.717, 1.165) is 36.1 Å². The Morgan fingerprint density at radius 3 is 2.80 bits per heavy atom. The number of hydrogen-bond donors (Lipinski definition) is 2. The highest BCUT2D eigenvalue weighted by atomic mass is 79.9.